The van der Waals surface area contributed by atoms with Crippen LogP contribution in [-0.4, -0.2) is 25.5 Å². The highest BCUT2D eigenvalue weighted by molar-refractivity contribution is 6.05. The second kappa shape index (κ2) is 5.42. The number of rotatable bonds is 2. The quantitative estimate of drug-likeness (QED) is 0.780. The van der Waals surface area contributed by atoms with E-state index in [-0.39, 0.29) is 5.91 Å². The third-order valence-corrected chi connectivity index (χ3v) is 4.30. The lowest BCUT2D eigenvalue weighted by Gasteiger charge is -2.10. The number of nitrogens with zero attached hydrogens (tertiary/aromatic N) is 5. The average Bonchev–Trinajstić information content (AvgIpc) is 3.22. The summed E-state index contributed by atoms with van der Waals surface area (Å²) in [6, 6.07) is 5.71. The van der Waals surface area contributed by atoms with Crippen LogP contribution in [0.25, 0.3) is 5.65 Å². The number of hydrogen-bond acceptors (Lipinski definition) is 5. The van der Waals surface area contributed by atoms with Gasteiger partial charge in [-0.25, -0.2) is 14.5 Å². The Balaban J connectivity index is 1.71. The first-order valence-electron chi connectivity index (χ1n) is 7.71. The molecule has 0 aromatic carbocycles. The van der Waals surface area contributed by atoms with Gasteiger partial charge in [0.15, 0.2) is 11.5 Å². The van der Waals surface area contributed by atoms with Crippen molar-refractivity contribution in [3.63, 3.8) is 0 Å². The van der Waals surface area contributed by atoms with Gasteiger partial charge in [-0.1, -0.05) is 0 Å². The van der Waals surface area contributed by atoms with Crippen LogP contribution in [-0.2, 0) is 12.8 Å². The Morgan fingerprint density at radius 3 is 3.12 bits per heavy atom. The molecule has 0 spiro atoms. The number of hydrogen-bond donors (Lipinski definition) is 1. The SMILES string of the molecule is Cc1c(C(=O)Nc2nc3c(cc2C#N)CCC3)cnc2ccnn12. The summed E-state index contributed by atoms with van der Waals surface area (Å²) in [5, 5.41) is 16.2. The molecule has 1 aliphatic carbocycles. The molecule has 7 heteroatoms. The first kappa shape index (κ1) is 14.3. The predicted molar refractivity (Wildman–Crippen MR) is 86.7 cm³/mol. The van der Waals surface area contributed by atoms with Crippen LogP contribution < -0.4 is 5.32 Å². The highest BCUT2D eigenvalue weighted by Gasteiger charge is 2.19. The minimum Gasteiger partial charge on any atom is -0.305 e. The van der Waals surface area contributed by atoms with Crippen molar-refractivity contribution in [1.29, 1.82) is 5.26 Å². The van der Waals surface area contributed by atoms with Crippen LogP contribution in [0.15, 0.2) is 24.5 Å². The zero-order valence-corrected chi connectivity index (χ0v) is 13.1. The van der Waals surface area contributed by atoms with Crippen molar-refractivity contribution in [2.75, 3.05) is 5.32 Å². The van der Waals surface area contributed by atoms with Crippen LogP contribution in [0.3, 0.4) is 0 Å². The number of pyridine rings is 1. The second-order valence-electron chi connectivity index (χ2n) is 5.77. The summed E-state index contributed by atoms with van der Waals surface area (Å²) in [5.74, 6) is -0.0394. The Hall–Kier alpha value is -3.27. The molecule has 0 atom stereocenters. The molecule has 3 aromatic heterocycles. The number of nitriles is 1. The fraction of sp³-hybridized carbons (Fsp3) is 0.235. The molecule has 0 aliphatic heterocycles. The maximum atomic E-state index is 12.6. The summed E-state index contributed by atoms with van der Waals surface area (Å²) in [6.07, 6.45) is 5.99. The molecule has 1 amide bonds. The van der Waals surface area contributed by atoms with Crippen LogP contribution >= 0.6 is 0 Å². The van der Waals surface area contributed by atoms with Gasteiger partial charge in [-0.2, -0.15) is 10.4 Å². The number of aryl methyl sites for hydroxylation is 3. The molecule has 24 heavy (non-hydrogen) atoms. The molecule has 118 valence electrons. The Morgan fingerprint density at radius 1 is 1.42 bits per heavy atom. The van der Waals surface area contributed by atoms with E-state index in [4.69, 9.17) is 0 Å². The van der Waals surface area contributed by atoms with Crippen molar-refractivity contribution >= 4 is 17.4 Å². The lowest BCUT2D eigenvalue weighted by Crippen LogP contribution is -2.18. The zero-order chi connectivity index (χ0) is 16.7. The first-order valence-corrected chi connectivity index (χ1v) is 7.71. The Labute approximate surface area is 138 Å². The van der Waals surface area contributed by atoms with Gasteiger partial charge >= 0.3 is 0 Å². The maximum absolute atomic E-state index is 12.6. The largest absolute Gasteiger partial charge is 0.305 e. The molecule has 1 N–H and O–H groups in total. The van der Waals surface area contributed by atoms with Crippen molar-refractivity contribution < 1.29 is 4.79 Å². The number of carbonyl (C=O) groups is 1. The van der Waals surface area contributed by atoms with Crippen LogP contribution in [0.5, 0.6) is 0 Å². The van der Waals surface area contributed by atoms with E-state index in [1.807, 2.05) is 6.07 Å². The van der Waals surface area contributed by atoms with Crippen molar-refractivity contribution in [2.24, 2.45) is 0 Å². The van der Waals surface area contributed by atoms with Crippen molar-refractivity contribution in [1.82, 2.24) is 19.6 Å². The summed E-state index contributed by atoms with van der Waals surface area (Å²) < 4.78 is 1.61. The zero-order valence-electron chi connectivity index (χ0n) is 13.1. The van der Waals surface area contributed by atoms with Gasteiger partial charge < -0.3 is 5.32 Å². The standard InChI is InChI=1S/C17H14N6O/c1-10-13(9-19-15-5-6-20-23(10)15)17(24)22-16-12(8-18)7-11-3-2-4-14(11)21-16/h5-7,9H,2-4H2,1H3,(H,21,22,24). The lowest BCUT2D eigenvalue weighted by molar-refractivity contribution is 0.102. The predicted octanol–water partition coefficient (Wildman–Crippen LogP) is 2.05. The fourth-order valence-electron chi connectivity index (χ4n) is 3.04. The van der Waals surface area contributed by atoms with E-state index in [0.29, 0.717) is 28.3 Å². The van der Waals surface area contributed by atoms with Crippen molar-refractivity contribution in [3.8, 4) is 6.07 Å². The average molecular weight is 318 g/mol. The van der Waals surface area contributed by atoms with E-state index in [2.05, 4.69) is 26.5 Å². The van der Waals surface area contributed by atoms with E-state index in [0.717, 1.165) is 30.5 Å². The summed E-state index contributed by atoms with van der Waals surface area (Å²) in [4.78, 5) is 21.3. The first-order chi connectivity index (χ1) is 11.7. The lowest BCUT2D eigenvalue weighted by atomic mass is 10.1. The summed E-state index contributed by atoms with van der Waals surface area (Å²) in [5.41, 5.74) is 4.20. The molecular weight excluding hydrogens is 304 g/mol. The van der Waals surface area contributed by atoms with Gasteiger partial charge in [0.2, 0.25) is 0 Å². The van der Waals surface area contributed by atoms with Gasteiger partial charge in [0, 0.05) is 18.0 Å². The second-order valence-corrected chi connectivity index (χ2v) is 5.77. The van der Waals surface area contributed by atoms with E-state index >= 15 is 0 Å². The smallest absolute Gasteiger partial charge is 0.260 e. The van der Waals surface area contributed by atoms with Gasteiger partial charge in [0.1, 0.15) is 6.07 Å². The number of amides is 1. The summed E-state index contributed by atoms with van der Waals surface area (Å²) >= 11 is 0. The van der Waals surface area contributed by atoms with Crippen molar-refractivity contribution in [2.45, 2.75) is 26.2 Å². The molecule has 0 unspecified atom stereocenters. The van der Waals surface area contributed by atoms with E-state index in [1.165, 1.54) is 6.20 Å². The van der Waals surface area contributed by atoms with E-state index < -0.39 is 0 Å². The van der Waals surface area contributed by atoms with Crippen LogP contribution in [0, 0.1) is 18.3 Å². The monoisotopic (exact) mass is 318 g/mol. The number of aromatic nitrogens is 4. The van der Waals surface area contributed by atoms with Gasteiger partial charge in [0.05, 0.1) is 23.0 Å². The molecule has 1 aliphatic rings. The van der Waals surface area contributed by atoms with Gasteiger partial charge in [-0.15, -0.1) is 0 Å². The Bertz CT molecular complexity index is 1010. The number of nitrogens with one attached hydrogen (secondary N) is 1. The number of carbonyl (C=O) groups excluding carboxylic acids is 1. The normalized spacial score (nSPS) is 12.8. The molecule has 3 aromatic rings. The highest BCUT2D eigenvalue weighted by Crippen LogP contribution is 2.25. The number of anilines is 1. The Kier molecular flexibility index (Phi) is 3.24. The molecular formula is C17H14N6O. The van der Waals surface area contributed by atoms with E-state index in [9.17, 15) is 10.1 Å². The molecule has 4 rings (SSSR count). The maximum Gasteiger partial charge on any atom is 0.260 e. The Morgan fingerprint density at radius 2 is 2.29 bits per heavy atom. The molecule has 0 fully saturated rings. The van der Waals surface area contributed by atoms with Crippen LogP contribution in [0.2, 0.25) is 0 Å². The van der Waals surface area contributed by atoms with Crippen LogP contribution in [0.4, 0.5) is 5.82 Å². The minimum absolute atomic E-state index is 0.308. The molecule has 7 nitrogen and oxygen atoms in total. The molecule has 0 saturated heterocycles. The van der Waals surface area contributed by atoms with E-state index in [1.54, 1.807) is 23.7 Å². The van der Waals surface area contributed by atoms with Crippen molar-refractivity contribution in [3.05, 3.63) is 52.6 Å². The highest BCUT2D eigenvalue weighted by atomic mass is 16.1. The topological polar surface area (TPSA) is 96.0 Å². The molecule has 0 bridgehead atoms. The van der Waals surface area contributed by atoms with Gasteiger partial charge in [-0.05, 0) is 37.8 Å². The van der Waals surface area contributed by atoms with Crippen LogP contribution in [0.1, 0.15) is 39.3 Å². The molecule has 0 saturated carbocycles. The third kappa shape index (κ3) is 2.20. The van der Waals surface area contributed by atoms with Gasteiger partial charge in [0.25, 0.3) is 5.91 Å². The minimum atomic E-state index is -0.348. The summed E-state index contributed by atoms with van der Waals surface area (Å²) in [6.45, 7) is 1.80. The molecule has 0 radical (unpaired) electrons. The summed E-state index contributed by atoms with van der Waals surface area (Å²) in [7, 11) is 0. The molecule has 3 heterocycles. The van der Waals surface area contributed by atoms with Gasteiger partial charge in [-0.3, -0.25) is 4.79 Å². The third-order valence-electron chi connectivity index (χ3n) is 4.30. The fourth-order valence-corrected chi connectivity index (χ4v) is 3.04. The number of fused-ring (bicyclic) bond motifs is 2.